The Kier molecular flexibility index (Phi) is 4.83. The molecular formula is C19H17N11. The van der Waals surface area contributed by atoms with E-state index in [1.807, 2.05) is 0 Å². The zero-order valence-electron chi connectivity index (χ0n) is 15.7. The van der Waals surface area contributed by atoms with Crippen molar-refractivity contribution < 1.29 is 0 Å². The third kappa shape index (κ3) is 3.54. The molecule has 4 rings (SSSR count). The molecule has 0 saturated carbocycles. The molecule has 0 atom stereocenters. The molecule has 0 spiro atoms. The minimum absolute atomic E-state index is 0.168. The van der Waals surface area contributed by atoms with Gasteiger partial charge in [-0.3, -0.25) is 0 Å². The van der Waals surface area contributed by atoms with Crippen molar-refractivity contribution in [1.29, 1.82) is 0 Å². The molecule has 0 aliphatic heterocycles. The fraction of sp³-hybridized carbons (Fsp3) is 0. The molecule has 4 aromatic heterocycles. The number of nitrogens with two attached hydrogens (primary N) is 2. The lowest BCUT2D eigenvalue weighted by atomic mass is 10.3. The van der Waals surface area contributed by atoms with Gasteiger partial charge in [-0.25, -0.2) is 34.9 Å². The second-order valence-corrected chi connectivity index (χ2v) is 6.01. The molecule has 4 heterocycles. The highest BCUT2D eigenvalue weighted by Gasteiger charge is 2.10. The van der Waals surface area contributed by atoms with Crippen molar-refractivity contribution in [2.24, 2.45) is 4.99 Å². The molecule has 0 aliphatic carbocycles. The number of nitrogen functional groups attached to an aromatic ring is 2. The van der Waals surface area contributed by atoms with E-state index in [4.69, 9.17) is 11.5 Å². The summed E-state index contributed by atoms with van der Waals surface area (Å²) in [5.41, 5.74) is 13.4. The number of nitrogens with one attached hydrogen (secondary N) is 2. The number of hydrogen-bond donors (Lipinski definition) is 4. The number of aromatic amines is 1. The van der Waals surface area contributed by atoms with E-state index in [-0.39, 0.29) is 17.5 Å². The Morgan fingerprint density at radius 1 is 0.867 bits per heavy atom. The molecule has 0 amide bonds. The third-order valence-corrected chi connectivity index (χ3v) is 4.09. The predicted octanol–water partition coefficient (Wildman–Crippen LogP) is 1.96. The van der Waals surface area contributed by atoms with E-state index in [1.165, 1.54) is 12.5 Å². The van der Waals surface area contributed by atoms with Gasteiger partial charge in [0, 0.05) is 23.2 Å². The van der Waals surface area contributed by atoms with Crippen LogP contribution in [0.2, 0.25) is 0 Å². The summed E-state index contributed by atoms with van der Waals surface area (Å²) in [6.07, 6.45) is 11.1. The van der Waals surface area contributed by atoms with Gasteiger partial charge in [-0.05, 0) is 12.2 Å². The van der Waals surface area contributed by atoms with Gasteiger partial charge in [0.1, 0.15) is 12.1 Å². The first-order chi connectivity index (χ1) is 14.6. The van der Waals surface area contributed by atoms with Crippen molar-refractivity contribution in [3.05, 3.63) is 61.1 Å². The van der Waals surface area contributed by atoms with Crippen molar-refractivity contribution in [2.75, 3.05) is 16.8 Å². The minimum atomic E-state index is 0.168. The van der Waals surface area contributed by atoms with Gasteiger partial charge < -0.3 is 21.8 Å². The lowest BCUT2D eigenvalue weighted by molar-refractivity contribution is 1.09. The van der Waals surface area contributed by atoms with Crippen LogP contribution >= 0.6 is 0 Å². The Morgan fingerprint density at radius 3 is 2.27 bits per heavy atom. The molecule has 11 nitrogen and oxygen atoms in total. The minimum Gasteiger partial charge on any atom is -0.381 e. The van der Waals surface area contributed by atoms with Crippen LogP contribution in [0.25, 0.3) is 22.9 Å². The highest BCUT2D eigenvalue weighted by molar-refractivity contribution is 5.92. The highest BCUT2D eigenvalue weighted by Crippen LogP contribution is 2.23. The van der Waals surface area contributed by atoms with Crippen LogP contribution < -0.4 is 22.3 Å². The van der Waals surface area contributed by atoms with Crippen LogP contribution in [0.1, 0.15) is 11.4 Å². The number of anilines is 4. The Morgan fingerprint density at radius 2 is 1.57 bits per heavy atom. The quantitative estimate of drug-likeness (QED) is 0.391. The van der Waals surface area contributed by atoms with Crippen molar-refractivity contribution in [1.82, 2.24) is 34.9 Å². The van der Waals surface area contributed by atoms with Crippen LogP contribution in [0.5, 0.6) is 0 Å². The highest BCUT2D eigenvalue weighted by atomic mass is 15.1. The average Bonchev–Trinajstić information content (AvgIpc) is 3.18. The van der Waals surface area contributed by atoms with Crippen LogP contribution in [0.4, 0.5) is 29.1 Å². The van der Waals surface area contributed by atoms with Gasteiger partial charge in [0.05, 0.1) is 23.8 Å². The summed E-state index contributed by atoms with van der Waals surface area (Å²) in [6, 6.07) is 0. The summed E-state index contributed by atoms with van der Waals surface area (Å²) in [4.78, 5) is 33.0. The second-order valence-electron chi connectivity index (χ2n) is 6.01. The van der Waals surface area contributed by atoms with E-state index < -0.39 is 0 Å². The van der Waals surface area contributed by atoms with Gasteiger partial charge in [0.2, 0.25) is 0 Å². The number of hydrogen-bond acceptors (Lipinski definition) is 10. The molecule has 0 saturated heterocycles. The Bertz CT molecular complexity index is 1340. The molecule has 11 heteroatoms. The summed E-state index contributed by atoms with van der Waals surface area (Å²) in [7, 11) is 0. The Balaban J connectivity index is 1.82. The van der Waals surface area contributed by atoms with E-state index in [9.17, 15) is 0 Å². The molecule has 148 valence electrons. The lowest BCUT2D eigenvalue weighted by Gasteiger charge is -2.06. The summed E-state index contributed by atoms with van der Waals surface area (Å²) in [5.74, 6) is 1.45. The number of H-pyrrole nitrogens is 1. The summed E-state index contributed by atoms with van der Waals surface area (Å²) < 4.78 is 0. The average molecular weight is 399 g/mol. The normalized spacial score (nSPS) is 11.4. The molecule has 4 aromatic rings. The number of aromatic nitrogens is 7. The first-order valence-electron chi connectivity index (χ1n) is 8.72. The Hall–Kier alpha value is -4.67. The van der Waals surface area contributed by atoms with E-state index in [0.717, 1.165) is 0 Å². The van der Waals surface area contributed by atoms with Crippen molar-refractivity contribution in [3.8, 4) is 0 Å². The molecular weight excluding hydrogens is 382 g/mol. The predicted molar refractivity (Wildman–Crippen MR) is 115 cm³/mol. The van der Waals surface area contributed by atoms with Gasteiger partial charge >= 0.3 is 0 Å². The number of fused-ring (bicyclic) bond motifs is 1. The summed E-state index contributed by atoms with van der Waals surface area (Å²) >= 11 is 0. The van der Waals surface area contributed by atoms with Crippen molar-refractivity contribution in [2.45, 2.75) is 0 Å². The van der Waals surface area contributed by atoms with Crippen molar-refractivity contribution >= 4 is 52.0 Å². The third-order valence-electron chi connectivity index (χ3n) is 4.09. The number of nitrogens with zero attached hydrogens (tertiary/aromatic N) is 7. The molecule has 6 N–H and O–H groups in total. The monoisotopic (exact) mass is 399 g/mol. The first-order valence-corrected chi connectivity index (χ1v) is 8.72. The molecule has 0 fully saturated rings. The topological polar surface area (TPSA) is 170 Å². The fourth-order valence-electron chi connectivity index (χ4n) is 2.63. The van der Waals surface area contributed by atoms with E-state index in [2.05, 4.69) is 58.4 Å². The van der Waals surface area contributed by atoms with Crippen LogP contribution in [-0.2, 0) is 0 Å². The van der Waals surface area contributed by atoms with Crippen molar-refractivity contribution in [3.63, 3.8) is 0 Å². The first kappa shape index (κ1) is 18.7. The molecule has 30 heavy (non-hydrogen) atoms. The van der Waals surface area contributed by atoms with Gasteiger partial charge in [-0.1, -0.05) is 13.2 Å². The summed E-state index contributed by atoms with van der Waals surface area (Å²) in [5, 5.41) is 4.46. The van der Waals surface area contributed by atoms with Crippen LogP contribution in [0.15, 0.2) is 49.3 Å². The largest absolute Gasteiger partial charge is 0.381 e. The van der Waals surface area contributed by atoms with E-state index in [0.29, 0.717) is 39.3 Å². The van der Waals surface area contributed by atoms with Crippen LogP contribution in [0.3, 0.4) is 0 Å². The standard InChI is InChI=1S/C19H17N11/c1-3-10-5-23-18(14(20)27-10)29-16-12-7-22-8-13(12)17(26-9-25-16)30-19-15(21)28-11(4-2)6-24-19/h3-9,22H,1-2H2,(H2,20,27)(H2,21,28)(H,23,24,25,26,29,30). The molecule has 0 aromatic carbocycles. The zero-order valence-corrected chi connectivity index (χ0v) is 15.7. The van der Waals surface area contributed by atoms with Gasteiger partial charge in [-0.2, -0.15) is 0 Å². The molecule has 0 bridgehead atoms. The maximum Gasteiger partial charge on any atom is 0.197 e. The molecule has 0 unspecified atom stereocenters. The van der Waals surface area contributed by atoms with Gasteiger partial charge in [-0.15, -0.1) is 0 Å². The number of rotatable bonds is 5. The molecule has 0 aliphatic rings. The lowest BCUT2D eigenvalue weighted by Crippen LogP contribution is -2.05. The molecule has 0 radical (unpaired) electrons. The van der Waals surface area contributed by atoms with E-state index in [1.54, 1.807) is 30.7 Å². The summed E-state index contributed by atoms with van der Waals surface area (Å²) in [6.45, 7) is 7.29. The second kappa shape index (κ2) is 7.75. The Labute approximate surface area is 170 Å². The van der Waals surface area contributed by atoms with Gasteiger partial charge in [0.15, 0.2) is 28.8 Å². The maximum absolute atomic E-state index is 5.98. The zero-order chi connectivity index (χ0) is 21.1. The fourth-order valence-corrected chi connectivity index (χ4v) is 2.63. The smallest absolute Gasteiger partial charge is 0.197 e. The van der Waals surface area contributed by atoms with Crippen LogP contribution in [-0.4, -0.2) is 34.9 Å². The van der Waals surface area contributed by atoms with Gasteiger partial charge in [0.25, 0.3) is 0 Å². The van der Waals surface area contributed by atoms with Crippen LogP contribution in [0, 0.1) is 0 Å². The SMILES string of the molecule is C=Cc1cnc(N=c2ncnc(Nc3ncc(C=C)nc3N)c3c[nH]cc23)c(N)n1. The maximum atomic E-state index is 5.98. The van der Waals surface area contributed by atoms with E-state index >= 15 is 0 Å².